The number of nitrogens with zero attached hydrogens (tertiary/aromatic N) is 2. The summed E-state index contributed by atoms with van der Waals surface area (Å²) in [6.07, 6.45) is 3.14. The van der Waals surface area contributed by atoms with Crippen molar-refractivity contribution in [2.75, 3.05) is 38.7 Å². The minimum absolute atomic E-state index is 0.0286. The van der Waals surface area contributed by atoms with Crippen LogP contribution in [0.5, 0.6) is 5.75 Å². The van der Waals surface area contributed by atoms with Crippen LogP contribution in [-0.4, -0.2) is 57.0 Å². The summed E-state index contributed by atoms with van der Waals surface area (Å²) in [6, 6.07) is 13.6. The molecule has 0 fully saturated rings. The molecule has 9 heteroatoms. The number of carbonyl (C=O) groups excluding carboxylic acids is 1. The molecule has 0 radical (unpaired) electrons. The molecule has 1 amide bonds. The molecule has 3 aromatic rings. The van der Waals surface area contributed by atoms with Crippen molar-refractivity contribution in [1.29, 1.82) is 0 Å². The van der Waals surface area contributed by atoms with Crippen LogP contribution in [-0.2, 0) is 19.6 Å². The number of anilines is 1. The van der Waals surface area contributed by atoms with Gasteiger partial charge in [-0.15, -0.1) is 0 Å². The fourth-order valence-corrected chi connectivity index (χ4v) is 4.73. The predicted molar refractivity (Wildman–Crippen MR) is 119 cm³/mol. The number of ether oxygens (including phenoxy) is 2. The Labute approximate surface area is 181 Å². The van der Waals surface area contributed by atoms with E-state index in [1.54, 1.807) is 48.7 Å². The number of carbonyl (C=O) groups is 1. The van der Waals surface area contributed by atoms with Crippen LogP contribution in [0.3, 0.4) is 0 Å². The van der Waals surface area contributed by atoms with Crippen LogP contribution in [0.2, 0.25) is 0 Å². The van der Waals surface area contributed by atoms with E-state index in [-0.39, 0.29) is 24.6 Å². The van der Waals surface area contributed by atoms with Crippen LogP contribution in [0, 0.1) is 0 Å². The molecule has 31 heavy (non-hydrogen) atoms. The molecular weight excluding hydrogens is 418 g/mol. The first-order valence-electron chi connectivity index (χ1n) is 9.81. The molecule has 0 saturated heterocycles. The lowest BCUT2D eigenvalue weighted by atomic mass is 10.2. The van der Waals surface area contributed by atoms with Gasteiger partial charge in [-0.25, -0.2) is 8.42 Å². The van der Waals surface area contributed by atoms with Crippen molar-refractivity contribution >= 4 is 32.4 Å². The first-order chi connectivity index (χ1) is 15.0. The van der Waals surface area contributed by atoms with Crippen molar-refractivity contribution in [3.8, 4) is 5.75 Å². The lowest BCUT2D eigenvalue weighted by Gasteiger charge is -2.22. The van der Waals surface area contributed by atoms with E-state index in [9.17, 15) is 13.2 Å². The number of para-hydroxylation sites is 2. The van der Waals surface area contributed by atoms with E-state index >= 15 is 0 Å². The molecule has 0 atom stereocenters. The van der Waals surface area contributed by atoms with Gasteiger partial charge < -0.3 is 14.8 Å². The molecule has 0 bridgehead atoms. The summed E-state index contributed by atoms with van der Waals surface area (Å²) in [5.41, 5.74) is 0.481. The number of pyridine rings is 1. The maximum Gasteiger partial charge on any atom is 0.244 e. The number of sulfonamides is 1. The Morgan fingerprint density at radius 2 is 1.94 bits per heavy atom. The summed E-state index contributed by atoms with van der Waals surface area (Å²) in [7, 11) is -2.50. The number of rotatable bonds is 10. The summed E-state index contributed by atoms with van der Waals surface area (Å²) < 4.78 is 38.6. The lowest BCUT2D eigenvalue weighted by molar-refractivity contribution is -0.116. The van der Waals surface area contributed by atoms with Crippen LogP contribution in [0.15, 0.2) is 65.8 Å². The van der Waals surface area contributed by atoms with Crippen LogP contribution in [0.4, 0.5) is 5.69 Å². The molecule has 3 rings (SSSR count). The number of benzene rings is 2. The summed E-state index contributed by atoms with van der Waals surface area (Å²) in [6.45, 7) is 2.09. The predicted octanol–water partition coefficient (Wildman–Crippen LogP) is 2.91. The van der Waals surface area contributed by atoms with Crippen LogP contribution < -0.4 is 10.1 Å². The van der Waals surface area contributed by atoms with Crippen LogP contribution >= 0.6 is 0 Å². The molecule has 0 aliphatic heterocycles. The summed E-state index contributed by atoms with van der Waals surface area (Å²) in [5.74, 6) is 0.0416. The molecule has 164 valence electrons. The van der Waals surface area contributed by atoms with Crippen molar-refractivity contribution in [3.05, 3.63) is 60.9 Å². The van der Waals surface area contributed by atoms with Gasteiger partial charge in [0.15, 0.2) is 0 Å². The van der Waals surface area contributed by atoms with Crippen molar-refractivity contribution in [2.24, 2.45) is 0 Å². The zero-order chi connectivity index (χ0) is 22.3. The largest absolute Gasteiger partial charge is 0.492 e. The monoisotopic (exact) mass is 443 g/mol. The molecule has 0 spiro atoms. The van der Waals surface area contributed by atoms with E-state index in [0.29, 0.717) is 28.8 Å². The van der Waals surface area contributed by atoms with Crippen LogP contribution in [0.1, 0.15) is 6.92 Å². The smallest absolute Gasteiger partial charge is 0.244 e. The number of nitrogens with one attached hydrogen (secondary N) is 1. The average molecular weight is 444 g/mol. The second-order valence-corrected chi connectivity index (χ2v) is 8.57. The fraction of sp³-hybridized carbons (Fsp3) is 0.273. The Morgan fingerprint density at radius 3 is 2.71 bits per heavy atom. The number of aromatic nitrogens is 1. The summed E-state index contributed by atoms with van der Waals surface area (Å²) in [5, 5.41) is 3.99. The van der Waals surface area contributed by atoms with Crippen molar-refractivity contribution in [2.45, 2.75) is 11.8 Å². The first-order valence-corrected chi connectivity index (χ1v) is 11.2. The average Bonchev–Trinajstić information content (AvgIpc) is 2.77. The van der Waals surface area contributed by atoms with Gasteiger partial charge in [0.05, 0.1) is 30.3 Å². The molecule has 1 N–H and O–H groups in total. The Balaban J connectivity index is 1.88. The zero-order valence-corrected chi connectivity index (χ0v) is 18.3. The normalized spacial score (nSPS) is 11.6. The minimum Gasteiger partial charge on any atom is -0.492 e. The number of hydrogen-bond donors (Lipinski definition) is 1. The van der Waals surface area contributed by atoms with E-state index in [4.69, 9.17) is 9.47 Å². The van der Waals surface area contributed by atoms with Crippen molar-refractivity contribution in [1.82, 2.24) is 9.29 Å². The van der Waals surface area contributed by atoms with E-state index in [2.05, 4.69) is 10.3 Å². The molecule has 0 aliphatic rings. The van der Waals surface area contributed by atoms with Gasteiger partial charge in [-0.2, -0.15) is 4.31 Å². The quantitative estimate of drug-likeness (QED) is 0.517. The number of fused-ring (bicyclic) bond motifs is 1. The number of amides is 1. The molecule has 2 aromatic carbocycles. The third-order valence-corrected chi connectivity index (χ3v) is 6.49. The SMILES string of the molecule is CCOc1ccccc1NC(=O)CN(CCOC)S(=O)(=O)c1cccc2cnccc12. The third kappa shape index (κ3) is 5.38. The molecule has 1 aromatic heterocycles. The maximum absolute atomic E-state index is 13.5. The van der Waals surface area contributed by atoms with E-state index < -0.39 is 15.9 Å². The van der Waals surface area contributed by atoms with Gasteiger partial charge in [0.1, 0.15) is 5.75 Å². The Morgan fingerprint density at radius 1 is 1.13 bits per heavy atom. The molecule has 8 nitrogen and oxygen atoms in total. The maximum atomic E-state index is 13.5. The van der Waals surface area contributed by atoms with Gasteiger partial charge in [0, 0.05) is 36.8 Å². The van der Waals surface area contributed by atoms with E-state index in [1.807, 2.05) is 6.92 Å². The summed E-state index contributed by atoms with van der Waals surface area (Å²) >= 11 is 0. The molecule has 0 unspecified atom stereocenters. The Kier molecular flexibility index (Phi) is 7.56. The number of hydrogen-bond acceptors (Lipinski definition) is 6. The highest BCUT2D eigenvalue weighted by atomic mass is 32.2. The first kappa shape index (κ1) is 22.7. The van der Waals surface area contributed by atoms with Gasteiger partial charge in [0.25, 0.3) is 0 Å². The highest BCUT2D eigenvalue weighted by molar-refractivity contribution is 7.89. The van der Waals surface area contributed by atoms with Crippen molar-refractivity contribution < 1.29 is 22.7 Å². The minimum atomic E-state index is -3.97. The summed E-state index contributed by atoms with van der Waals surface area (Å²) in [4.78, 5) is 16.9. The van der Waals surface area contributed by atoms with Crippen LogP contribution in [0.25, 0.3) is 10.8 Å². The Hall–Kier alpha value is -3.01. The molecular formula is C22H25N3O5S. The van der Waals surface area contributed by atoms with Gasteiger partial charge in [-0.3, -0.25) is 9.78 Å². The third-order valence-electron chi connectivity index (χ3n) is 4.58. The van der Waals surface area contributed by atoms with Crippen molar-refractivity contribution in [3.63, 3.8) is 0 Å². The van der Waals surface area contributed by atoms with E-state index in [0.717, 1.165) is 4.31 Å². The molecule has 1 heterocycles. The second kappa shape index (κ2) is 10.3. The molecule has 0 saturated carbocycles. The van der Waals surface area contributed by atoms with E-state index in [1.165, 1.54) is 19.4 Å². The second-order valence-electron chi connectivity index (χ2n) is 6.66. The van der Waals surface area contributed by atoms with Gasteiger partial charge >= 0.3 is 0 Å². The highest BCUT2D eigenvalue weighted by Gasteiger charge is 2.28. The topological polar surface area (TPSA) is 97.8 Å². The fourth-order valence-electron chi connectivity index (χ4n) is 3.14. The Bertz CT molecular complexity index is 1150. The molecule has 0 aliphatic carbocycles. The standard InChI is InChI=1S/C22H25N3O5S/c1-3-30-20-9-5-4-8-19(20)24-22(26)16-25(13-14-29-2)31(27,28)21-10-6-7-17-15-23-12-11-18(17)21/h4-12,15H,3,13-14,16H2,1-2H3,(H,24,26). The van der Waals surface area contributed by atoms with Gasteiger partial charge in [-0.1, -0.05) is 24.3 Å². The van der Waals surface area contributed by atoms with Gasteiger partial charge in [0.2, 0.25) is 15.9 Å². The van der Waals surface area contributed by atoms with Gasteiger partial charge in [-0.05, 0) is 31.2 Å². The zero-order valence-electron chi connectivity index (χ0n) is 17.4. The number of methoxy groups -OCH3 is 1. The lowest BCUT2D eigenvalue weighted by Crippen LogP contribution is -2.40. The highest BCUT2D eigenvalue weighted by Crippen LogP contribution is 2.26.